The van der Waals surface area contributed by atoms with Gasteiger partial charge in [-0.1, -0.05) is 126 Å². The first-order valence-electron chi connectivity index (χ1n) is 28.9. The molecule has 9 heteroatoms. The zero-order valence-corrected chi connectivity index (χ0v) is 52.5. The van der Waals surface area contributed by atoms with Crippen molar-refractivity contribution in [1.29, 1.82) is 0 Å². The smallest absolute Gasteiger partial charge is 0.277 e. The van der Waals surface area contributed by atoms with Crippen LogP contribution in [-0.2, 0) is 10.8 Å². The molecule has 2 aliphatic rings. The maximum Gasteiger partial charge on any atom is 0.277 e. The Morgan fingerprint density at radius 3 is 0.988 bits per heavy atom. The Kier molecular flexibility index (Phi) is 11.3. The number of anilines is 6. The molecule has 0 aliphatic carbocycles. The Morgan fingerprint density at radius 2 is 0.667 bits per heavy atom. The highest BCUT2D eigenvalue weighted by Crippen LogP contribution is 2.54. The van der Waals surface area contributed by atoms with Crippen molar-refractivity contribution in [2.75, 3.05) is 9.80 Å². The second kappa shape index (κ2) is 18.7. The fraction of sp³-hybridized carbons (Fsp3) is 0.120. The molecule has 2 nitrogen and oxygen atoms in total. The molecule has 9 aromatic carbocycles. The molecule has 0 radical (unpaired) electrons. The van der Waals surface area contributed by atoms with E-state index in [0.29, 0.717) is 0 Å². The zero-order chi connectivity index (χ0) is 56.5. The van der Waals surface area contributed by atoms with Crippen LogP contribution in [0.3, 0.4) is 0 Å². The third-order valence-electron chi connectivity index (χ3n) is 17.3. The summed E-state index contributed by atoms with van der Waals surface area (Å²) in [4.78, 5) is 10.5. The van der Waals surface area contributed by atoms with Crippen molar-refractivity contribution >= 4 is 184 Å². The maximum absolute atomic E-state index is 2.71. The van der Waals surface area contributed by atoms with E-state index < -0.39 is 0 Å². The van der Waals surface area contributed by atoms with Crippen LogP contribution in [-0.4, -0.2) is 6.71 Å². The molecule has 0 bridgehead atoms. The zero-order valence-electron chi connectivity index (χ0n) is 47.6. The Morgan fingerprint density at radius 1 is 0.333 bits per heavy atom. The molecular weight excluding hydrogens is 1130 g/mol. The summed E-state index contributed by atoms with van der Waals surface area (Å²) >= 11 is 11.6. The number of fused-ring (bicyclic) bond motifs is 12. The predicted octanol–water partition coefficient (Wildman–Crippen LogP) is 22.6. The van der Waals surface area contributed by atoms with Crippen LogP contribution in [0.4, 0.5) is 34.1 Å². The molecule has 404 valence electrons. The van der Waals surface area contributed by atoms with Gasteiger partial charge in [0, 0.05) is 90.8 Å². The Balaban J connectivity index is 0.982. The highest BCUT2D eigenvalue weighted by Gasteiger charge is 2.47. The SMILES string of the molecule is Cc1cc2c3c(c1)N(c1cc(-c4cc5ccccc5s4)cc(-c4cc5ccccc5s4)c1)c1c(sc4ccc(C(C)(C)C)cc14)B3c1sc3ccc(C(C)(C)C)cc3c1N2c1cc(-c2cc3ccccc3s2)cc(-c2cc3ccccc3s2)c1. The average molecular weight is 1190 g/mol. The summed E-state index contributed by atoms with van der Waals surface area (Å²) in [5.41, 5.74) is 17.5. The lowest BCUT2D eigenvalue weighted by molar-refractivity contribution is 0.591. The molecule has 0 saturated heterocycles. The number of rotatable bonds is 6. The van der Waals surface area contributed by atoms with Gasteiger partial charge in [-0.2, -0.15) is 0 Å². The minimum atomic E-state index is -0.0482. The van der Waals surface area contributed by atoms with E-state index in [4.69, 9.17) is 0 Å². The first kappa shape index (κ1) is 50.9. The molecule has 0 N–H and O–H groups in total. The molecule has 15 aromatic rings. The second-order valence-corrected chi connectivity index (χ2v) is 31.5. The maximum atomic E-state index is 2.71. The summed E-state index contributed by atoms with van der Waals surface area (Å²) in [7, 11) is 0. The van der Waals surface area contributed by atoms with Gasteiger partial charge in [-0.25, -0.2) is 0 Å². The summed E-state index contributed by atoms with van der Waals surface area (Å²) in [5, 5.41) is 7.75. The highest BCUT2D eigenvalue weighted by molar-refractivity contribution is 7.41. The number of hydrogen-bond donors (Lipinski definition) is 0. The minimum absolute atomic E-state index is 0.0141. The minimum Gasteiger partial charge on any atom is -0.310 e. The summed E-state index contributed by atoms with van der Waals surface area (Å²) < 4.78 is 10.6. The quantitative estimate of drug-likeness (QED) is 0.153. The first-order chi connectivity index (χ1) is 40.7. The van der Waals surface area contributed by atoms with Crippen LogP contribution < -0.4 is 24.8 Å². The van der Waals surface area contributed by atoms with Crippen molar-refractivity contribution in [3.05, 3.63) is 223 Å². The summed E-state index contributed by atoms with van der Waals surface area (Å²) in [6, 6.07) is 79.7. The first-order valence-corrected chi connectivity index (χ1v) is 33.8. The van der Waals surface area contributed by atoms with Crippen molar-refractivity contribution in [3.63, 3.8) is 0 Å². The van der Waals surface area contributed by atoms with Crippen molar-refractivity contribution in [2.45, 2.75) is 59.3 Å². The summed E-state index contributed by atoms with van der Waals surface area (Å²) in [5.74, 6) is 0. The van der Waals surface area contributed by atoms with Gasteiger partial charge in [0.05, 0.1) is 11.4 Å². The van der Waals surface area contributed by atoms with Gasteiger partial charge >= 0.3 is 0 Å². The van der Waals surface area contributed by atoms with E-state index in [1.165, 1.54) is 168 Å². The molecule has 17 rings (SSSR count). The van der Waals surface area contributed by atoms with Gasteiger partial charge in [0.25, 0.3) is 6.71 Å². The molecule has 84 heavy (non-hydrogen) atoms. The fourth-order valence-electron chi connectivity index (χ4n) is 13.1. The number of aryl methyl sites for hydroxylation is 1. The van der Waals surface area contributed by atoms with Gasteiger partial charge in [0.15, 0.2) is 0 Å². The van der Waals surface area contributed by atoms with Crippen LogP contribution in [0.15, 0.2) is 206 Å². The standard InChI is InChI=1S/C75H55BN2S6/c1-42-28-57-69-58(29-42)78(54-34-49(67-38-45-18-10-14-22-61(45)81-67)31-50(35-54)68-39-46-19-11-15-23-62(46)82-68)71-56-41-52(75(5,6)7)25-27-64(56)84-73(71)76(69)72-70(55-40-51(74(2,3)4)24-26-63(55)83-72)77(57)53-32-47(65-36-43-16-8-12-20-59(43)79-65)30-48(33-53)66-37-44-17-9-13-21-60(44)80-66/h8-41H,1-7H3. The Bertz CT molecular complexity index is 4600. The van der Waals surface area contributed by atoms with Gasteiger partial charge in [0.1, 0.15) is 0 Å². The van der Waals surface area contributed by atoms with Crippen LogP contribution in [0.1, 0.15) is 58.2 Å². The van der Waals surface area contributed by atoms with E-state index in [-0.39, 0.29) is 17.5 Å². The van der Waals surface area contributed by atoms with E-state index in [9.17, 15) is 0 Å². The third kappa shape index (κ3) is 8.11. The van der Waals surface area contributed by atoms with E-state index in [2.05, 4.69) is 265 Å². The molecule has 0 unspecified atom stereocenters. The fourth-order valence-corrected chi connectivity index (χ4v) is 20.0. The van der Waals surface area contributed by atoms with Gasteiger partial charge in [-0.05, 0) is 205 Å². The Labute approximate surface area is 513 Å². The number of thiophene rings is 6. The van der Waals surface area contributed by atoms with Gasteiger partial charge in [0.2, 0.25) is 0 Å². The topological polar surface area (TPSA) is 6.48 Å². The predicted molar refractivity (Wildman–Crippen MR) is 377 cm³/mol. The molecule has 0 spiro atoms. The van der Waals surface area contributed by atoms with Crippen LogP contribution in [0.2, 0.25) is 0 Å². The molecule has 6 aromatic heterocycles. The molecule has 0 fully saturated rings. The van der Waals surface area contributed by atoms with Crippen LogP contribution in [0.25, 0.3) is 102 Å². The molecule has 0 atom stereocenters. The van der Waals surface area contributed by atoms with E-state index in [1.54, 1.807) is 0 Å². The number of hydrogen-bond acceptors (Lipinski definition) is 8. The highest BCUT2D eigenvalue weighted by atomic mass is 32.1. The molecule has 0 amide bonds. The van der Waals surface area contributed by atoms with Crippen molar-refractivity contribution < 1.29 is 0 Å². The summed E-state index contributed by atoms with van der Waals surface area (Å²) in [6.45, 7) is 16.4. The second-order valence-electron chi connectivity index (χ2n) is 25.0. The van der Waals surface area contributed by atoms with Gasteiger partial charge in [-0.15, -0.1) is 68.0 Å². The van der Waals surface area contributed by atoms with E-state index >= 15 is 0 Å². The summed E-state index contributed by atoms with van der Waals surface area (Å²) in [6.07, 6.45) is 0. The van der Waals surface area contributed by atoms with Gasteiger partial charge in [-0.3, -0.25) is 0 Å². The van der Waals surface area contributed by atoms with E-state index in [1.807, 2.05) is 68.0 Å². The lowest BCUT2D eigenvalue weighted by atomic mass is 9.39. The molecule has 8 heterocycles. The Hall–Kier alpha value is -7.60. The lowest BCUT2D eigenvalue weighted by Crippen LogP contribution is -2.59. The monoisotopic (exact) mass is 1190 g/mol. The molecule has 2 aliphatic heterocycles. The van der Waals surface area contributed by atoms with Gasteiger partial charge < -0.3 is 9.80 Å². The van der Waals surface area contributed by atoms with Crippen molar-refractivity contribution in [1.82, 2.24) is 0 Å². The lowest BCUT2D eigenvalue weighted by Gasteiger charge is -2.42. The number of benzene rings is 9. The molecule has 0 saturated carbocycles. The van der Waals surface area contributed by atoms with Crippen LogP contribution in [0.5, 0.6) is 0 Å². The van der Waals surface area contributed by atoms with E-state index in [0.717, 1.165) is 0 Å². The van der Waals surface area contributed by atoms with Crippen molar-refractivity contribution in [3.8, 4) is 41.8 Å². The largest absolute Gasteiger partial charge is 0.310 e. The normalized spacial score (nSPS) is 13.3. The third-order valence-corrected chi connectivity index (χ3v) is 24.4. The average Bonchev–Trinajstić information content (AvgIpc) is 1.93. The molecular formula is C75H55BN2S6. The number of nitrogens with zero attached hydrogens (tertiary/aromatic N) is 2. The van der Waals surface area contributed by atoms with Crippen molar-refractivity contribution in [2.24, 2.45) is 0 Å². The van der Waals surface area contributed by atoms with Crippen LogP contribution in [0, 0.1) is 6.92 Å². The van der Waals surface area contributed by atoms with Crippen LogP contribution >= 0.6 is 68.0 Å².